The van der Waals surface area contributed by atoms with Crippen LogP contribution in [0.15, 0.2) is 0 Å². The zero-order chi connectivity index (χ0) is 14.4. The van der Waals surface area contributed by atoms with Crippen LogP contribution in [0.4, 0.5) is 0 Å². The molecule has 3 heteroatoms. The molecule has 4 aliphatic rings. The molecule has 2 bridgehead atoms. The lowest BCUT2D eigenvalue weighted by Crippen LogP contribution is -2.51. The highest BCUT2D eigenvalue weighted by molar-refractivity contribution is 5.79. The Bertz CT molecular complexity index is 413. The van der Waals surface area contributed by atoms with E-state index in [1.54, 1.807) is 0 Å². The van der Waals surface area contributed by atoms with Gasteiger partial charge in [0.2, 0.25) is 5.91 Å². The molecular weight excluding hydrogens is 260 g/mol. The standard InChI is InChI=1S/C18H30N2O/c19-16-13-6-7-15(11-13)18(16)8-4-5-14(12-18)17(21)20-9-2-1-3-10-20/h13-16H,1-12,19H2/t13?,14-,15?,16?,18+/m0/s1. The lowest BCUT2D eigenvalue weighted by Gasteiger charge is -2.48. The smallest absolute Gasteiger partial charge is 0.225 e. The molecule has 1 aliphatic heterocycles. The molecule has 3 unspecified atom stereocenters. The van der Waals surface area contributed by atoms with Crippen LogP contribution in [-0.2, 0) is 4.79 Å². The number of piperidine rings is 1. The first-order chi connectivity index (χ1) is 10.2. The van der Waals surface area contributed by atoms with Gasteiger partial charge in [-0.15, -0.1) is 0 Å². The van der Waals surface area contributed by atoms with Crippen LogP contribution in [0.1, 0.15) is 64.2 Å². The molecule has 2 N–H and O–H groups in total. The van der Waals surface area contributed by atoms with E-state index in [4.69, 9.17) is 5.73 Å². The highest BCUT2D eigenvalue weighted by Crippen LogP contribution is 2.61. The van der Waals surface area contributed by atoms with E-state index < -0.39 is 0 Å². The summed E-state index contributed by atoms with van der Waals surface area (Å²) in [4.78, 5) is 15.0. The fraction of sp³-hybridized carbons (Fsp3) is 0.944. The molecule has 0 aromatic carbocycles. The molecule has 4 rings (SSSR count). The van der Waals surface area contributed by atoms with Crippen molar-refractivity contribution in [1.82, 2.24) is 4.90 Å². The van der Waals surface area contributed by atoms with Gasteiger partial charge >= 0.3 is 0 Å². The number of amides is 1. The monoisotopic (exact) mass is 290 g/mol. The Morgan fingerprint density at radius 2 is 1.86 bits per heavy atom. The van der Waals surface area contributed by atoms with Crippen LogP contribution >= 0.6 is 0 Å². The third-order valence-corrected chi connectivity index (χ3v) is 7.30. The summed E-state index contributed by atoms with van der Waals surface area (Å²) in [5, 5.41) is 0. The number of rotatable bonds is 1. The third-order valence-electron chi connectivity index (χ3n) is 7.30. The minimum atomic E-state index is 0.280. The van der Waals surface area contributed by atoms with Crippen LogP contribution in [0.5, 0.6) is 0 Å². The van der Waals surface area contributed by atoms with Crippen molar-refractivity contribution in [3.05, 3.63) is 0 Å². The van der Waals surface area contributed by atoms with Crippen molar-refractivity contribution in [2.24, 2.45) is 28.9 Å². The number of hydrogen-bond acceptors (Lipinski definition) is 2. The van der Waals surface area contributed by atoms with Crippen molar-refractivity contribution in [3.8, 4) is 0 Å². The molecule has 0 aromatic rings. The minimum absolute atomic E-state index is 0.280. The Balaban J connectivity index is 1.49. The fourth-order valence-corrected chi connectivity index (χ4v) is 6.20. The van der Waals surface area contributed by atoms with Crippen LogP contribution in [0.3, 0.4) is 0 Å². The summed E-state index contributed by atoms with van der Waals surface area (Å²) in [6, 6.07) is 0.383. The van der Waals surface area contributed by atoms with Crippen molar-refractivity contribution >= 4 is 5.91 Å². The molecule has 3 aliphatic carbocycles. The second-order valence-corrected chi connectivity index (χ2v) is 8.21. The molecule has 1 spiro atoms. The number of nitrogens with two attached hydrogens (primary N) is 1. The molecule has 5 atom stereocenters. The largest absolute Gasteiger partial charge is 0.342 e. The Morgan fingerprint density at radius 1 is 1.05 bits per heavy atom. The Hall–Kier alpha value is -0.570. The SMILES string of the molecule is NC1C2CCC(C2)[C@]12CCC[C@H](C(=O)N1CCCCC1)C2. The van der Waals surface area contributed by atoms with E-state index in [1.807, 2.05) is 0 Å². The molecule has 1 amide bonds. The van der Waals surface area contributed by atoms with Gasteiger partial charge in [-0.25, -0.2) is 0 Å². The predicted octanol–water partition coefficient (Wildman–Crippen LogP) is 2.93. The summed E-state index contributed by atoms with van der Waals surface area (Å²) in [6.45, 7) is 2.00. The first-order valence-corrected chi connectivity index (χ1v) is 9.25. The van der Waals surface area contributed by atoms with E-state index in [0.717, 1.165) is 37.8 Å². The number of fused-ring (bicyclic) bond motifs is 3. The highest BCUT2D eigenvalue weighted by Gasteiger charge is 2.58. The van der Waals surface area contributed by atoms with E-state index in [-0.39, 0.29) is 5.92 Å². The molecule has 3 saturated carbocycles. The average Bonchev–Trinajstić information content (AvgIpc) is 3.11. The summed E-state index contributed by atoms with van der Waals surface area (Å²) in [6.07, 6.45) is 12.5. The lowest BCUT2D eigenvalue weighted by molar-refractivity contribution is -0.140. The first-order valence-electron chi connectivity index (χ1n) is 9.25. The van der Waals surface area contributed by atoms with Gasteiger partial charge in [0.1, 0.15) is 0 Å². The topological polar surface area (TPSA) is 46.3 Å². The zero-order valence-electron chi connectivity index (χ0n) is 13.2. The Morgan fingerprint density at radius 3 is 2.57 bits per heavy atom. The molecule has 3 nitrogen and oxygen atoms in total. The maximum atomic E-state index is 12.9. The molecule has 0 radical (unpaired) electrons. The predicted molar refractivity (Wildman–Crippen MR) is 83.6 cm³/mol. The van der Waals surface area contributed by atoms with E-state index >= 15 is 0 Å². The van der Waals surface area contributed by atoms with Crippen molar-refractivity contribution in [1.29, 1.82) is 0 Å². The first kappa shape index (κ1) is 14.0. The summed E-state index contributed by atoms with van der Waals surface area (Å²) < 4.78 is 0. The number of hydrogen-bond donors (Lipinski definition) is 1. The van der Waals surface area contributed by atoms with Crippen LogP contribution in [0.2, 0.25) is 0 Å². The molecule has 118 valence electrons. The number of likely N-dealkylation sites (tertiary alicyclic amines) is 1. The van der Waals surface area contributed by atoms with Crippen molar-refractivity contribution < 1.29 is 4.79 Å². The van der Waals surface area contributed by atoms with Gasteiger partial charge < -0.3 is 10.6 Å². The average molecular weight is 290 g/mol. The number of carbonyl (C=O) groups is 1. The van der Waals surface area contributed by atoms with Crippen LogP contribution in [-0.4, -0.2) is 29.9 Å². The lowest BCUT2D eigenvalue weighted by atomic mass is 9.59. The van der Waals surface area contributed by atoms with E-state index in [0.29, 0.717) is 17.4 Å². The van der Waals surface area contributed by atoms with Crippen LogP contribution in [0.25, 0.3) is 0 Å². The zero-order valence-corrected chi connectivity index (χ0v) is 13.2. The molecule has 1 heterocycles. The van der Waals surface area contributed by atoms with Gasteiger partial charge in [-0.1, -0.05) is 6.42 Å². The normalized spacial score (nSPS) is 46.2. The Labute approximate surface area is 128 Å². The van der Waals surface area contributed by atoms with Gasteiger partial charge in [0.25, 0.3) is 0 Å². The van der Waals surface area contributed by atoms with E-state index in [9.17, 15) is 4.79 Å². The quantitative estimate of drug-likeness (QED) is 0.807. The second kappa shape index (κ2) is 5.26. The molecule has 21 heavy (non-hydrogen) atoms. The second-order valence-electron chi connectivity index (χ2n) is 8.21. The van der Waals surface area contributed by atoms with Gasteiger partial charge in [-0.2, -0.15) is 0 Å². The third kappa shape index (κ3) is 2.15. The summed E-state index contributed by atoms with van der Waals surface area (Å²) in [7, 11) is 0. The van der Waals surface area contributed by atoms with Crippen molar-refractivity contribution in [2.75, 3.05) is 13.1 Å². The van der Waals surface area contributed by atoms with Gasteiger partial charge in [0.05, 0.1) is 0 Å². The van der Waals surface area contributed by atoms with Crippen molar-refractivity contribution in [2.45, 2.75) is 70.3 Å². The van der Waals surface area contributed by atoms with Gasteiger partial charge in [-0.3, -0.25) is 4.79 Å². The van der Waals surface area contributed by atoms with Gasteiger partial charge in [0, 0.05) is 25.0 Å². The summed E-state index contributed by atoms with van der Waals surface area (Å²) in [5.74, 6) is 2.33. The van der Waals surface area contributed by atoms with Crippen LogP contribution < -0.4 is 5.73 Å². The number of carbonyl (C=O) groups excluding carboxylic acids is 1. The molecule has 4 fully saturated rings. The highest BCUT2D eigenvalue weighted by atomic mass is 16.2. The van der Waals surface area contributed by atoms with Crippen LogP contribution in [0, 0.1) is 23.2 Å². The van der Waals surface area contributed by atoms with Gasteiger partial charge in [0.15, 0.2) is 0 Å². The summed E-state index contributed by atoms with van der Waals surface area (Å²) in [5.41, 5.74) is 6.98. The maximum Gasteiger partial charge on any atom is 0.225 e. The minimum Gasteiger partial charge on any atom is -0.342 e. The fourth-order valence-electron chi connectivity index (χ4n) is 6.20. The number of nitrogens with zero attached hydrogens (tertiary/aromatic N) is 1. The van der Waals surface area contributed by atoms with E-state index in [2.05, 4.69) is 4.90 Å². The molecule has 1 saturated heterocycles. The maximum absolute atomic E-state index is 12.9. The Kier molecular flexibility index (Phi) is 3.52. The van der Waals surface area contributed by atoms with E-state index in [1.165, 1.54) is 51.4 Å². The summed E-state index contributed by atoms with van der Waals surface area (Å²) >= 11 is 0. The van der Waals surface area contributed by atoms with Crippen molar-refractivity contribution in [3.63, 3.8) is 0 Å². The molecular formula is C18H30N2O. The molecule has 0 aromatic heterocycles. The van der Waals surface area contributed by atoms with Gasteiger partial charge in [-0.05, 0) is 75.0 Å².